The number of halogens is 1. The zero-order valence-electron chi connectivity index (χ0n) is 14.4. The molecule has 1 atom stereocenters. The van der Waals surface area contributed by atoms with E-state index in [2.05, 4.69) is 5.32 Å². The van der Waals surface area contributed by atoms with Crippen LogP contribution in [0.4, 0.5) is 5.69 Å². The lowest BCUT2D eigenvalue weighted by Crippen LogP contribution is -2.32. The van der Waals surface area contributed by atoms with Crippen LogP contribution in [0.5, 0.6) is 0 Å². The zero-order valence-corrected chi connectivity index (χ0v) is 15.1. The summed E-state index contributed by atoms with van der Waals surface area (Å²) < 4.78 is 0. The molecule has 1 N–H and O–H groups in total. The molecular weight excluding hydrogens is 336 g/mol. The third-order valence-corrected chi connectivity index (χ3v) is 5.02. The molecule has 0 bridgehead atoms. The van der Waals surface area contributed by atoms with Gasteiger partial charge in [0.15, 0.2) is 0 Å². The monoisotopic (exact) mass is 356 g/mol. The molecule has 0 aliphatic carbocycles. The van der Waals surface area contributed by atoms with Crippen LogP contribution in [0, 0.1) is 19.8 Å². The second-order valence-electron chi connectivity index (χ2n) is 6.49. The minimum Gasteiger partial charge on any atom is -0.352 e. The molecule has 25 heavy (non-hydrogen) atoms. The van der Waals surface area contributed by atoms with Crippen molar-refractivity contribution >= 4 is 29.1 Å². The van der Waals surface area contributed by atoms with Crippen molar-refractivity contribution in [3.05, 3.63) is 64.2 Å². The molecule has 0 spiro atoms. The van der Waals surface area contributed by atoms with Crippen molar-refractivity contribution in [3.8, 4) is 0 Å². The van der Waals surface area contributed by atoms with Crippen molar-refractivity contribution in [3.63, 3.8) is 0 Å². The van der Waals surface area contributed by atoms with E-state index in [1.54, 1.807) is 11.0 Å². The van der Waals surface area contributed by atoms with Crippen LogP contribution in [0.2, 0.25) is 5.02 Å². The summed E-state index contributed by atoms with van der Waals surface area (Å²) in [7, 11) is 0. The molecule has 0 saturated carbocycles. The molecule has 1 heterocycles. The highest BCUT2D eigenvalue weighted by Crippen LogP contribution is 2.31. The quantitative estimate of drug-likeness (QED) is 0.909. The molecule has 2 aromatic carbocycles. The molecular formula is C20H21ClN2O2. The predicted molar refractivity (Wildman–Crippen MR) is 99.7 cm³/mol. The van der Waals surface area contributed by atoms with E-state index < -0.39 is 0 Å². The van der Waals surface area contributed by atoms with E-state index in [4.69, 9.17) is 11.6 Å². The Labute approximate surface area is 152 Å². The van der Waals surface area contributed by atoms with Gasteiger partial charge in [-0.3, -0.25) is 9.59 Å². The molecule has 0 radical (unpaired) electrons. The SMILES string of the molecule is Cc1ccc(CNC(=O)[C@@H]2CC(=O)N(c3cccc(Cl)c3C)C2)cc1. The third-order valence-electron chi connectivity index (χ3n) is 4.61. The highest BCUT2D eigenvalue weighted by Gasteiger charge is 2.35. The van der Waals surface area contributed by atoms with Crippen molar-refractivity contribution in [2.24, 2.45) is 5.92 Å². The van der Waals surface area contributed by atoms with Crippen LogP contribution >= 0.6 is 11.6 Å². The normalized spacial score (nSPS) is 17.0. The molecule has 4 nitrogen and oxygen atoms in total. The molecule has 1 aliphatic heterocycles. The van der Waals surface area contributed by atoms with Gasteiger partial charge in [-0.1, -0.05) is 47.5 Å². The Morgan fingerprint density at radius 3 is 2.64 bits per heavy atom. The van der Waals surface area contributed by atoms with Gasteiger partial charge in [-0.15, -0.1) is 0 Å². The van der Waals surface area contributed by atoms with Gasteiger partial charge in [0.2, 0.25) is 11.8 Å². The largest absolute Gasteiger partial charge is 0.352 e. The first-order chi connectivity index (χ1) is 12.0. The molecule has 1 fully saturated rings. The lowest BCUT2D eigenvalue weighted by atomic mass is 10.1. The number of aryl methyl sites for hydroxylation is 1. The number of benzene rings is 2. The summed E-state index contributed by atoms with van der Waals surface area (Å²) in [5.74, 6) is -0.465. The second-order valence-corrected chi connectivity index (χ2v) is 6.90. The van der Waals surface area contributed by atoms with Gasteiger partial charge in [-0.2, -0.15) is 0 Å². The Morgan fingerprint density at radius 2 is 1.92 bits per heavy atom. The number of carbonyl (C=O) groups excluding carboxylic acids is 2. The second kappa shape index (κ2) is 7.28. The van der Waals surface area contributed by atoms with E-state index in [0.717, 1.165) is 16.8 Å². The van der Waals surface area contributed by atoms with E-state index in [-0.39, 0.29) is 24.2 Å². The van der Waals surface area contributed by atoms with Crippen LogP contribution in [0.3, 0.4) is 0 Å². The summed E-state index contributed by atoms with van der Waals surface area (Å²) in [5.41, 5.74) is 3.87. The number of rotatable bonds is 4. The fourth-order valence-corrected chi connectivity index (χ4v) is 3.21. The number of nitrogens with one attached hydrogen (secondary N) is 1. The Morgan fingerprint density at radius 1 is 1.20 bits per heavy atom. The standard InChI is InChI=1S/C20H21ClN2O2/c1-13-6-8-15(9-7-13)11-22-20(25)16-10-19(24)23(12-16)18-5-3-4-17(21)14(18)2/h3-9,16H,10-12H2,1-2H3,(H,22,25)/t16-/m1/s1. The molecule has 1 aliphatic rings. The lowest BCUT2D eigenvalue weighted by molar-refractivity contribution is -0.126. The average Bonchev–Trinajstić information content (AvgIpc) is 2.98. The number of hydrogen-bond donors (Lipinski definition) is 1. The van der Waals surface area contributed by atoms with Crippen molar-refractivity contribution in [1.82, 2.24) is 5.32 Å². The van der Waals surface area contributed by atoms with Crippen molar-refractivity contribution in [2.45, 2.75) is 26.8 Å². The Kier molecular flexibility index (Phi) is 5.09. The van der Waals surface area contributed by atoms with Gasteiger partial charge in [-0.25, -0.2) is 0 Å². The fraction of sp³-hybridized carbons (Fsp3) is 0.300. The summed E-state index contributed by atoms with van der Waals surface area (Å²) in [6, 6.07) is 13.5. The average molecular weight is 357 g/mol. The molecule has 0 unspecified atom stereocenters. The van der Waals surface area contributed by atoms with Gasteiger partial charge in [0, 0.05) is 30.2 Å². The highest BCUT2D eigenvalue weighted by atomic mass is 35.5. The number of anilines is 1. The summed E-state index contributed by atoms with van der Waals surface area (Å²) in [6.07, 6.45) is 0.228. The summed E-state index contributed by atoms with van der Waals surface area (Å²) in [4.78, 5) is 26.5. The van der Waals surface area contributed by atoms with Crippen LogP contribution < -0.4 is 10.2 Å². The van der Waals surface area contributed by atoms with Crippen LogP contribution in [-0.4, -0.2) is 18.4 Å². The Bertz CT molecular complexity index is 802. The van der Waals surface area contributed by atoms with Crippen LogP contribution in [-0.2, 0) is 16.1 Å². The van der Waals surface area contributed by atoms with Crippen molar-refractivity contribution in [1.29, 1.82) is 0 Å². The molecule has 130 valence electrons. The lowest BCUT2D eigenvalue weighted by Gasteiger charge is -2.19. The van der Waals surface area contributed by atoms with E-state index in [0.29, 0.717) is 18.1 Å². The number of hydrogen-bond acceptors (Lipinski definition) is 2. The number of amides is 2. The third kappa shape index (κ3) is 3.85. The maximum atomic E-state index is 12.4. The van der Waals surface area contributed by atoms with Crippen molar-refractivity contribution in [2.75, 3.05) is 11.4 Å². The molecule has 0 aromatic heterocycles. The number of nitrogens with zero attached hydrogens (tertiary/aromatic N) is 1. The molecule has 5 heteroatoms. The summed E-state index contributed by atoms with van der Waals surface area (Å²) in [5, 5.41) is 3.56. The van der Waals surface area contributed by atoms with Gasteiger partial charge in [0.25, 0.3) is 0 Å². The highest BCUT2D eigenvalue weighted by molar-refractivity contribution is 6.31. The molecule has 3 rings (SSSR count). The van der Waals surface area contributed by atoms with Gasteiger partial charge in [-0.05, 0) is 37.1 Å². The maximum Gasteiger partial charge on any atom is 0.227 e. The topological polar surface area (TPSA) is 49.4 Å². The minimum atomic E-state index is -0.337. The van der Waals surface area contributed by atoms with E-state index >= 15 is 0 Å². The van der Waals surface area contributed by atoms with Crippen LogP contribution in [0.25, 0.3) is 0 Å². The van der Waals surface area contributed by atoms with Gasteiger partial charge < -0.3 is 10.2 Å². The van der Waals surface area contributed by atoms with E-state index in [1.165, 1.54) is 5.56 Å². The zero-order chi connectivity index (χ0) is 18.0. The predicted octanol–water partition coefficient (Wildman–Crippen LogP) is 3.63. The van der Waals surface area contributed by atoms with Crippen LogP contribution in [0.1, 0.15) is 23.1 Å². The number of carbonyl (C=O) groups is 2. The Balaban J connectivity index is 1.64. The van der Waals surface area contributed by atoms with Crippen LogP contribution in [0.15, 0.2) is 42.5 Å². The first kappa shape index (κ1) is 17.5. The first-order valence-electron chi connectivity index (χ1n) is 8.34. The maximum absolute atomic E-state index is 12.4. The molecule has 1 saturated heterocycles. The summed E-state index contributed by atoms with van der Waals surface area (Å²) in [6.45, 7) is 4.77. The fourth-order valence-electron chi connectivity index (χ4n) is 3.04. The summed E-state index contributed by atoms with van der Waals surface area (Å²) >= 11 is 6.15. The minimum absolute atomic E-state index is 0.0409. The van der Waals surface area contributed by atoms with Gasteiger partial charge >= 0.3 is 0 Å². The Hall–Kier alpha value is -2.33. The van der Waals surface area contributed by atoms with E-state index in [1.807, 2.05) is 50.2 Å². The molecule has 2 aromatic rings. The van der Waals surface area contributed by atoms with Gasteiger partial charge in [0.05, 0.1) is 5.92 Å². The first-order valence-corrected chi connectivity index (χ1v) is 8.72. The molecule has 2 amide bonds. The van der Waals surface area contributed by atoms with Crippen molar-refractivity contribution < 1.29 is 9.59 Å². The van der Waals surface area contributed by atoms with E-state index in [9.17, 15) is 9.59 Å². The smallest absolute Gasteiger partial charge is 0.227 e. The van der Waals surface area contributed by atoms with Gasteiger partial charge in [0.1, 0.15) is 0 Å².